The fraction of sp³-hybridized carbons (Fsp3) is 0.450. The molecule has 10 nitrogen and oxygen atoms in total. The first-order valence-electron chi connectivity index (χ1n) is 9.55. The van der Waals surface area contributed by atoms with Crippen molar-refractivity contribution in [1.29, 1.82) is 0 Å². The molecule has 30 heavy (non-hydrogen) atoms. The van der Waals surface area contributed by atoms with Crippen molar-refractivity contribution in [1.82, 2.24) is 19.9 Å². The molecule has 0 saturated carbocycles. The zero-order valence-corrected chi connectivity index (χ0v) is 17.1. The summed E-state index contributed by atoms with van der Waals surface area (Å²) < 4.78 is 20.6. The van der Waals surface area contributed by atoms with Crippen LogP contribution in [-0.4, -0.2) is 59.2 Å². The van der Waals surface area contributed by atoms with Crippen molar-refractivity contribution in [3.8, 4) is 18.0 Å². The van der Waals surface area contributed by atoms with Gasteiger partial charge in [0.2, 0.25) is 0 Å². The molecule has 2 atom stereocenters. The van der Waals surface area contributed by atoms with Crippen molar-refractivity contribution in [2.75, 3.05) is 27.3 Å². The monoisotopic (exact) mass is 416 g/mol. The average molecular weight is 416 g/mol. The van der Waals surface area contributed by atoms with Crippen molar-refractivity contribution < 1.29 is 28.5 Å². The van der Waals surface area contributed by atoms with Crippen LogP contribution in [0.25, 0.3) is 0 Å². The number of hydrogen-bond acceptors (Lipinski definition) is 9. The maximum atomic E-state index is 12.7. The predicted molar refractivity (Wildman–Crippen MR) is 104 cm³/mol. The minimum Gasteiger partial charge on any atom is -0.467 e. The lowest BCUT2D eigenvalue weighted by atomic mass is 9.94. The second-order valence-corrected chi connectivity index (χ2v) is 6.73. The van der Waals surface area contributed by atoms with Crippen molar-refractivity contribution in [2.24, 2.45) is 11.8 Å². The van der Waals surface area contributed by atoms with Gasteiger partial charge in [-0.15, -0.1) is 15.0 Å². The van der Waals surface area contributed by atoms with Gasteiger partial charge in [0.25, 0.3) is 0 Å². The maximum absolute atomic E-state index is 12.7. The van der Waals surface area contributed by atoms with Gasteiger partial charge in [0, 0.05) is 13.1 Å². The molecule has 2 heterocycles. The van der Waals surface area contributed by atoms with E-state index in [0.717, 1.165) is 5.56 Å². The standard InChI is InChI=1S/C20H24N4O6/c1-4-14-10-24(20(26)29-12-13-8-6-5-7-9-13)11-15(14)16(25)30-19-22-17(27-2)21-18(23-19)28-3/h5-9,14-15H,4,10-12H2,1-3H3/t14-,15+/m1/s1. The van der Waals surface area contributed by atoms with E-state index < -0.39 is 18.0 Å². The van der Waals surface area contributed by atoms with E-state index in [1.165, 1.54) is 19.1 Å². The van der Waals surface area contributed by atoms with E-state index >= 15 is 0 Å². The van der Waals surface area contributed by atoms with Crippen LogP contribution in [0.1, 0.15) is 18.9 Å². The number of carbonyl (C=O) groups is 2. The number of amides is 1. The van der Waals surface area contributed by atoms with E-state index in [0.29, 0.717) is 13.0 Å². The van der Waals surface area contributed by atoms with Gasteiger partial charge in [-0.3, -0.25) is 4.79 Å². The van der Waals surface area contributed by atoms with Crippen LogP contribution in [-0.2, 0) is 16.1 Å². The third kappa shape index (κ3) is 5.13. The van der Waals surface area contributed by atoms with Gasteiger partial charge in [0.1, 0.15) is 6.61 Å². The first-order chi connectivity index (χ1) is 14.5. The van der Waals surface area contributed by atoms with Crippen molar-refractivity contribution >= 4 is 12.1 Å². The molecule has 0 aliphatic carbocycles. The lowest BCUT2D eigenvalue weighted by Gasteiger charge is -2.16. The second-order valence-electron chi connectivity index (χ2n) is 6.73. The number of rotatable bonds is 7. The number of hydrogen-bond donors (Lipinski definition) is 0. The van der Waals surface area contributed by atoms with Gasteiger partial charge in [-0.2, -0.15) is 0 Å². The van der Waals surface area contributed by atoms with Crippen LogP contribution in [0.15, 0.2) is 30.3 Å². The largest absolute Gasteiger partial charge is 0.467 e. The minimum atomic E-state index is -0.532. The lowest BCUT2D eigenvalue weighted by molar-refractivity contribution is -0.140. The zero-order valence-electron chi connectivity index (χ0n) is 17.1. The Morgan fingerprint density at radius 3 is 2.23 bits per heavy atom. The highest BCUT2D eigenvalue weighted by Gasteiger charge is 2.40. The first-order valence-corrected chi connectivity index (χ1v) is 9.55. The summed E-state index contributed by atoms with van der Waals surface area (Å²) in [6.45, 7) is 2.74. The smallest absolute Gasteiger partial charge is 0.410 e. The number of esters is 1. The van der Waals surface area contributed by atoms with Crippen LogP contribution in [0.3, 0.4) is 0 Å². The zero-order chi connectivity index (χ0) is 21.5. The van der Waals surface area contributed by atoms with Crippen LogP contribution in [0.4, 0.5) is 4.79 Å². The molecule has 1 saturated heterocycles. The lowest BCUT2D eigenvalue weighted by Crippen LogP contribution is -2.31. The molecule has 1 amide bonds. The molecule has 10 heteroatoms. The molecule has 1 aromatic carbocycles. The first kappa shape index (κ1) is 21.3. The highest BCUT2D eigenvalue weighted by atomic mass is 16.6. The number of benzene rings is 1. The third-order valence-corrected chi connectivity index (χ3v) is 4.86. The topological polar surface area (TPSA) is 113 Å². The van der Waals surface area contributed by atoms with E-state index in [2.05, 4.69) is 15.0 Å². The van der Waals surface area contributed by atoms with Crippen molar-refractivity contribution in [2.45, 2.75) is 20.0 Å². The Balaban J connectivity index is 1.62. The molecule has 0 unspecified atom stereocenters. The number of likely N-dealkylation sites (tertiary alicyclic amines) is 1. The maximum Gasteiger partial charge on any atom is 0.410 e. The summed E-state index contributed by atoms with van der Waals surface area (Å²) in [7, 11) is 2.76. The molecule has 0 bridgehead atoms. The molecule has 0 spiro atoms. The molecule has 160 valence electrons. The van der Waals surface area contributed by atoms with Gasteiger partial charge in [0.15, 0.2) is 0 Å². The molecule has 1 aromatic heterocycles. The Morgan fingerprint density at radius 2 is 1.63 bits per heavy atom. The number of carbonyl (C=O) groups excluding carboxylic acids is 2. The highest BCUT2D eigenvalue weighted by molar-refractivity contribution is 5.77. The quantitative estimate of drug-likeness (QED) is 0.626. The van der Waals surface area contributed by atoms with Crippen LogP contribution in [0.5, 0.6) is 18.0 Å². The van der Waals surface area contributed by atoms with E-state index in [4.69, 9.17) is 18.9 Å². The highest BCUT2D eigenvalue weighted by Crippen LogP contribution is 2.28. The molecule has 1 aliphatic heterocycles. The van der Waals surface area contributed by atoms with E-state index in [1.807, 2.05) is 37.3 Å². The molecule has 1 fully saturated rings. The third-order valence-electron chi connectivity index (χ3n) is 4.86. The molecule has 0 radical (unpaired) electrons. The van der Waals surface area contributed by atoms with Gasteiger partial charge < -0.3 is 23.8 Å². The van der Waals surface area contributed by atoms with Crippen LogP contribution >= 0.6 is 0 Å². The van der Waals surface area contributed by atoms with Crippen LogP contribution in [0, 0.1) is 11.8 Å². The summed E-state index contributed by atoms with van der Waals surface area (Å²) in [6, 6.07) is 9.12. The molecular formula is C20H24N4O6. The summed E-state index contributed by atoms with van der Waals surface area (Å²) in [5.41, 5.74) is 0.894. The number of methoxy groups -OCH3 is 2. The molecular weight excluding hydrogens is 392 g/mol. The van der Waals surface area contributed by atoms with Gasteiger partial charge in [-0.25, -0.2) is 4.79 Å². The van der Waals surface area contributed by atoms with Gasteiger partial charge in [0.05, 0.1) is 20.1 Å². The van der Waals surface area contributed by atoms with E-state index in [9.17, 15) is 9.59 Å². The summed E-state index contributed by atoms with van der Waals surface area (Å²) in [6.07, 6.45) is 0.239. The molecule has 0 N–H and O–H groups in total. The average Bonchev–Trinajstić information content (AvgIpc) is 3.22. The molecule has 3 rings (SSSR count). The summed E-state index contributed by atoms with van der Waals surface area (Å²) in [4.78, 5) is 38.4. The number of nitrogens with zero attached hydrogens (tertiary/aromatic N) is 4. The van der Waals surface area contributed by atoms with E-state index in [1.54, 1.807) is 0 Å². The summed E-state index contributed by atoms with van der Waals surface area (Å²) >= 11 is 0. The van der Waals surface area contributed by atoms with Crippen LogP contribution < -0.4 is 14.2 Å². The van der Waals surface area contributed by atoms with Crippen molar-refractivity contribution in [3.63, 3.8) is 0 Å². The fourth-order valence-electron chi connectivity index (χ4n) is 3.23. The van der Waals surface area contributed by atoms with E-state index in [-0.39, 0.29) is 37.1 Å². The normalized spacial score (nSPS) is 18.0. The Hall–Kier alpha value is -3.43. The van der Waals surface area contributed by atoms with Gasteiger partial charge >= 0.3 is 30.1 Å². The second kappa shape index (κ2) is 9.86. The fourth-order valence-corrected chi connectivity index (χ4v) is 3.23. The van der Waals surface area contributed by atoms with Crippen molar-refractivity contribution in [3.05, 3.63) is 35.9 Å². The number of aromatic nitrogens is 3. The van der Waals surface area contributed by atoms with Gasteiger partial charge in [-0.1, -0.05) is 43.7 Å². The Morgan fingerprint density at radius 1 is 1.00 bits per heavy atom. The van der Waals surface area contributed by atoms with Gasteiger partial charge in [-0.05, 0) is 11.5 Å². The Labute approximate surface area is 174 Å². The predicted octanol–water partition coefficient (Wildman–Crippen LogP) is 2.09. The minimum absolute atomic E-state index is 0.0331. The summed E-state index contributed by atoms with van der Waals surface area (Å²) in [5.74, 6) is -1.11. The number of ether oxygens (including phenoxy) is 4. The Bertz CT molecular complexity index is 857. The molecule has 2 aromatic rings. The summed E-state index contributed by atoms with van der Waals surface area (Å²) in [5, 5.41) is 0. The molecule has 1 aliphatic rings. The van der Waals surface area contributed by atoms with Crippen LogP contribution in [0.2, 0.25) is 0 Å². The Kier molecular flexibility index (Phi) is 6.99. The SMILES string of the molecule is CC[C@@H]1CN(C(=O)OCc2ccccc2)C[C@@H]1C(=O)Oc1nc(OC)nc(OC)n1.